The number of nitrogens with zero attached hydrogens (tertiary/aromatic N) is 2. The maximum absolute atomic E-state index is 5.69. The van der Waals surface area contributed by atoms with Crippen molar-refractivity contribution in [3.05, 3.63) is 39.4 Å². The first-order valence-electron chi connectivity index (χ1n) is 6.31. The summed E-state index contributed by atoms with van der Waals surface area (Å²) >= 11 is 3.53. The maximum atomic E-state index is 5.69. The van der Waals surface area contributed by atoms with Gasteiger partial charge in [-0.15, -0.1) is 0 Å². The second kappa shape index (κ2) is 6.19. The van der Waals surface area contributed by atoms with Crippen LogP contribution in [0.15, 0.2) is 21.1 Å². The Kier molecular flexibility index (Phi) is 4.58. The van der Waals surface area contributed by atoms with Gasteiger partial charge in [0.2, 0.25) is 11.7 Å². The summed E-state index contributed by atoms with van der Waals surface area (Å²) in [7, 11) is 0. The van der Waals surface area contributed by atoms with Gasteiger partial charge in [0.25, 0.3) is 0 Å². The number of hydrogen-bond donors (Lipinski definition) is 0. The van der Waals surface area contributed by atoms with Crippen molar-refractivity contribution >= 4 is 15.9 Å². The molecule has 0 spiro atoms. The Balaban J connectivity index is 2.01. The monoisotopic (exact) mass is 324 g/mol. The minimum absolute atomic E-state index is 0.327. The molecule has 4 nitrogen and oxygen atoms in total. The summed E-state index contributed by atoms with van der Waals surface area (Å²) in [5.74, 6) is 2.07. The minimum Gasteiger partial charge on any atom is -0.485 e. The quantitative estimate of drug-likeness (QED) is 0.834. The van der Waals surface area contributed by atoms with Gasteiger partial charge in [0.1, 0.15) is 5.75 Å². The molecular weight excluding hydrogens is 308 g/mol. The molecule has 2 aromatic rings. The van der Waals surface area contributed by atoms with Crippen LogP contribution in [0.1, 0.15) is 36.2 Å². The number of aryl methyl sites for hydroxylation is 3. The van der Waals surface area contributed by atoms with Crippen LogP contribution in [-0.2, 0) is 13.0 Å². The minimum atomic E-state index is 0.327. The topological polar surface area (TPSA) is 48.2 Å². The van der Waals surface area contributed by atoms with Crippen LogP contribution in [-0.4, -0.2) is 10.1 Å². The SMILES string of the molecule is CCCc1nc(COc2cc(C)c(Br)c(C)c2)no1. The van der Waals surface area contributed by atoms with Gasteiger partial charge >= 0.3 is 0 Å². The smallest absolute Gasteiger partial charge is 0.226 e. The van der Waals surface area contributed by atoms with Crippen molar-refractivity contribution in [3.63, 3.8) is 0 Å². The molecule has 0 unspecified atom stereocenters. The summed E-state index contributed by atoms with van der Waals surface area (Å²) < 4.78 is 11.9. The van der Waals surface area contributed by atoms with Gasteiger partial charge in [-0.3, -0.25) is 0 Å². The summed E-state index contributed by atoms with van der Waals surface area (Å²) in [5.41, 5.74) is 2.30. The summed E-state index contributed by atoms with van der Waals surface area (Å²) in [5, 5.41) is 3.89. The molecule has 0 aliphatic rings. The Morgan fingerprint density at radius 1 is 1.26 bits per heavy atom. The second-order valence-corrected chi connectivity index (χ2v) is 5.31. The van der Waals surface area contributed by atoms with Crippen molar-refractivity contribution in [2.24, 2.45) is 0 Å². The number of ether oxygens (including phenoxy) is 1. The molecule has 0 atom stereocenters. The van der Waals surface area contributed by atoms with Crippen molar-refractivity contribution in [3.8, 4) is 5.75 Å². The molecule has 0 aliphatic heterocycles. The van der Waals surface area contributed by atoms with E-state index in [9.17, 15) is 0 Å². The molecule has 0 fully saturated rings. The largest absolute Gasteiger partial charge is 0.485 e. The molecular formula is C14H17BrN2O2. The van der Waals surface area contributed by atoms with E-state index in [0.29, 0.717) is 18.3 Å². The van der Waals surface area contributed by atoms with Crippen LogP contribution in [0.4, 0.5) is 0 Å². The first kappa shape index (κ1) is 14.1. The first-order valence-corrected chi connectivity index (χ1v) is 7.10. The highest BCUT2D eigenvalue weighted by Gasteiger charge is 2.07. The highest BCUT2D eigenvalue weighted by atomic mass is 79.9. The van der Waals surface area contributed by atoms with Crippen molar-refractivity contribution in [1.29, 1.82) is 0 Å². The molecule has 0 amide bonds. The Morgan fingerprint density at radius 2 is 1.95 bits per heavy atom. The summed E-state index contributed by atoms with van der Waals surface area (Å²) in [6.07, 6.45) is 1.80. The van der Waals surface area contributed by atoms with E-state index in [2.05, 4.69) is 33.0 Å². The Labute approximate surface area is 121 Å². The third-order valence-corrected chi connectivity index (χ3v) is 4.00. The average molecular weight is 325 g/mol. The normalized spacial score (nSPS) is 10.7. The number of halogens is 1. The first-order chi connectivity index (χ1) is 9.10. The molecule has 0 saturated carbocycles. The molecule has 1 aromatic heterocycles. The molecule has 1 aromatic carbocycles. The molecule has 0 aliphatic carbocycles. The lowest BCUT2D eigenvalue weighted by atomic mass is 10.1. The average Bonchev–Trinajstić information content (AvgIpc) is 2.81. The van der Waals surface area contributed by atoms with E-state index in [1.165, 1.54) is 0 Å². The zero-order valence-corrected chi connectivity index (χ0v) is 13.0. The van der Waals surface area contributed by atoms with E-state index in [-0.39, 0.29) is 0 Å². The van der Waals surface area contributed by atoms with Gasteiger partial charge in [-0.05, 0) is 43.5 Å². The van der Waals surface area contributed by atoms with Gasteiger partial charge in [-0.25, -0.2) is 0 Å². The lowest BCUT2D eigenvalue weighted by molar-refractivity contribution is 0.284. The number of hydrogen-bond acceptors (Lipinski definition) is 4. The molecule has 0 N–H and O–H groups in total. The van der Waals surface area contributed by atoms with Gasteiger partial charge in [-0.2, -0.15) is 4.98 Å². The molecule has 0 saturated heterocycles. The van der Waals surface area contributed by atoms with E-state index in [0.717, 1.165) is 34.2 Å². The zero-order chi connectivity index (χ0) is 13.8. The van der Waals surface area contributed by atoms with E-state index < -0.39 is 0 Å². The Hall–Kier alpha value is -1.36. The molecule has 0 radical (unpaired) electrons. The molecule has 5 heteroatoms. The van der Waals surface area contributed by atoms with Crippen molar-refractivity contribution in [1.82, 2.24) is 10.1 Å². The predicted octanol–water partition coefficient (Wildman–Crippen LogP) is 3.98. The van der Waals surface area contributed by atoms with Crippen LogP contribution < -0.4 is 4.74 Å². The summed E-state index contributed by atoms with van der Waals surface area (Å²) in [4.78, 5) is 4.27. The fourth-order valence-corrected chi connectivity index (χ4v) is 2.03. The molecule has 2 rings (SSSR count). The summed E-state index contributed by atoms with van der Waals surface area (Å²) in [6, 6.07) is 3.98. The van der Waals surface area contributed by atoms with Crippen LogP contribution >= 0.6 is 15.9 Å². The zero-order valence-electron chi connectivity index (χ0n) is 11.4. The van der Waals surface area contributed by atoms with Gasteiger partial charge in [-0.1, -0.05) is 28.0 Å². The molecule has 0 bridgehead atoms. The molecule has 102 valence electrons. The van der Waals surface area contributed by atoms with E-state index >= 15 is 0 Å². The molecule has 19 heavy (non-hydrogen) atoms. The van der Waals surface area contributed by atoms with Crippen molar-refractivity contribution < 1.29 is 9.26 Å². The number of benzene rings is 1. The fraction of sp³-hybridized carbons (Fsp3) is 0.429. The van der Waals surface area contributed by atoms with Gasteiger partial charge in [0.15, 0.2) is 6.61 Å². The second-order valence-electron chi connectivity index (χ2n) is 4.51. The lowest BCUT2D eigenvalue weighted by Crippen LogP contribution is -1.99. The van der Waals surface area contributed by atoms with Crippen LogP contribution in [0.3, 0.4) is 0 Å². The van der Waals surface area contributed by atoms with E-state index in [1.807, 2.05) is 26.0 Å². The van der Waals surface area contributed by atoms with Crippen molar-refractivity contribution in [2.45, 2.75) is 40.2 Å². The fourth-order valence-electron chi connectivity index (χ4n) is 1.80. The molecule has 1 heterocycles. The Bertz CT molecular complexity index is 543. The van der Waals surface area contributed by atoms with Crippen molar-refractivity contribution in [2.75, 3.05) is 0 Å². The van der Waals surface area contributed by atoms with Gasteiger partial charge in [0, 0.05) is 10.9 Å². The maximum Gasteiger partial charge on any atom is 0.226 e. The standard InChI is InChI=1S/C14H17BrN2O2/c1-4-5-13-16-12(17-19-13)8-18-11-6-9(2)14(15)10(3)7-11/h6-7H,4-5,8H2,1-3H3. The number of rotatable bonds is 5. The predicted molar refractivity (Wildman–Crippen MR) is 76.2 cm³/mol. The van der Waals surface area contributed by atoms with Crippen LogP contribution in [0.2, 0.25) is 0 Å². The third kappa shape index (κ3) is 3.56. The Morgan fingerprint density at radius 3 is 2.58 bits per heavy atom. The summed E-state index contributed by atoms with van der Waals surface area (Å²) in [6.45, 7) is 6.48. The lowest BCUT2D eigenvalue weighted by Gasteiger charge is -2.08. The van der Waals surface area contributed by atoms with E-state index in [4.69, 9.17) is 9.26 Å². The highest BCUT2D eigenvalue weighted by molar-refractivity contribution is 9.10. The highest BCUT2D eigenvalue weighted by Crippen LogP contribution is 2.26. The third-order valence-electron chi connectivity index (χ3n) is 2.75. The van der Waals surface area contributed by atoms with Crippen LogP contribution in [0.25, 0.3) is 0 Å². The van der Waals surface area contributed by atoms with Gasteiger partial charge in [0.05, 0.1) is 0 Å². The van der Waals surface area contributed by atoms with Crippen LogP contribution in [0.5, 0.6) is 5.75 Å². The number of aromatic nitrogens is 2. The van der Waals surface area contributed by atoms with Crippen LogP contribution in [0, 0.1) is 13.8 Å². The van der Waals surface area contributed by atoms with E-state index in [1.54, 1.807) is 0 Å². The van der Waals surface area contributed by atoms with Gasteiger partial charge < -0.3 is 9.26 Å².